The van der Waals surface area contributed by atoms with Gasteiger partial charge in [0.1, 0.15) is 11.6 Å². The normalized spacial score (nSPS) is 25.5. The van der Waals surface area contributed by atoms with Crippen molar-refractivity contribution in [3.8, 4) is 0 Å². The van der Waals surface area contributed by atoms with Crippen molar-refractivity contribution in [2.75, 3.05) is 13.2 Å². The number of benzene rings is 1. The van der Waals surface area contributed by atoms with Crippen LogP contribution in [0.1, 0.15) is 13.8 Å². The third-order valence-corrected chi connectivity index (χ3v) is 5.07. The van der Waals surface area contributed by atoms with Crippen LogP contribution in [0.4, 0.5) is 8.78 Å². The maximum absolute atomic E-state index is 13.6. The number of halogens is 2. The molecule has 19 heavy (non-hydrogen) atoms. The molecule has 2 rings (SSSR count). The lowest BCUT2D eigenvalue weighted by Crippen LogP contribution is -2.50. The molecular formula is C12H15F2NO3S. The van der Waals surface area contributed by atoms with Crippen molar-refractivity contribution in [3.05, 3.63) is 29.8 Å². The van der Waals surface area contributed by atoms with Crippen LogP contribution in [0, 0.1) is 11.6 Å². The number of morpholine rings is 1. The van der Waals surface area contributed by atoms with Crippen molar-refractivity contribution in [2.45, 2.75) is 30.9 Å². The van der Waals surface area contributed by atoms with Crippen molar-refractivity contribution < 1.29 is 21.9 Å². The van der Waals surface area contributed by atoms with Gasteiger partial charge in [-0.25, -0.2) is 17.2 Å². The number of hydrogen-bond donors (Lipinski definition) is 0. The van der Waals surface area contributed by atoms with Crippen LogP contribution in [0.3, 0.4) is 0 Å². The highest BCUT2D eigenvalue weighted by atomic mass is 32.2. The van der Waals surface area contributed by atoms with E-state index in [-0.39, 0.29) is 19.3 Å². The lowest BCUT2D eigenvalue weighted by Gasteiger charge is -2.35. The molecule has 4 nitrogen and oxygen atoms in total. The first-order valence-electron chi connectivity index (χ1n) is 5.91. The Kier molecular flexibility index (Phi) is 3.89. The predicted octanol–water partition coefficient (Wildman–Crippen LogP) is 1.76. The first-order valence-corrected chi connectivity index (χ1v) is 7.35. The fourth-order valence-electron chi connectivity index (χ4n) is 2.05. The molecule has 106 valence electrons. The first kappa shape index (κ1) is 14.4. The van der Waals surface area contributed by atoms with Crippen molar-refractivity contribution >= 4 is 10.0 Å². The van der Waals surface area contributed by atoms with E-state index in [1.54, 1.807) is 13.8 Å². The van der Waals surface area contributed by atoms with Gasteiger partial charge < -0.3 is 4.74 Å². The zero-order chi connectivity index (χ0) is 14.2. The van der Waals surface area contributed by atoms with E-state index in [1.165, 1.54) is 0 Å². The van der Waals surface area contributed by atoms with E-state index in [1.807, 2.05) is 0 Å². The third kappa shape index (κ3) is 2.63. The number of rotatable bonds is 2. The topological polar surface area (TPSA) is 46.6 Å². The Bertz CT molecular complexity index is 556. The van der Waals surface area contributed by atoms with E-state index in [9.17, 15) is 17.2 Å². The Balaban J connectivity index is 2.47. The number of ether oxygens (including phenoxy) is 1. The highest BCUT2D eigenvalue weighted by Crippen LogP contribution is 2.26. The van der Waals surface area contributed by atoms with Gasteiger partial charge in [0.15, 0.2) is 4.90 Å². The molecular weight excluding hydrogens is 276 g/mol. The second-order valence-corrected chi connectivity index (χ2v) is 6.45. The van der Waals surface area contributed by atoms with Crippen LogP contribution >= 0.6 is 0 Å². The minimum Gasteiger partial charge on any atom is -0.375 e. The average molecular weight is 291 g/mol. The number of hydrogen-bond acceptors (Lipinski definition) is 3. The molecule has 0 radical (unpaired) electrons. The Labute approximate surface area is 111 Å². The summed E-state index contributed by atoms with van der Waals surface area (Å²) in [5.74, 6) is -2.15. The summed E-state index contributed by atoms with van der Waals surface area (Å²) in [6, 6.07) is 2.55. The standard InChI is InChI=1S/C12H15F2NO3S/c1-8-7-18-9(2)6-15(8)19(16,17)12-10(13)4-3-5-11(12)14/h3-5,8-9H,6-7H2,1-2H3. The predicted molar refractivity (Wildman–Crippen MR) is 65.1 cm³/mol. The van der Waals surface area contributed by atoms with E-state index in [0.717, 1.165) is 22.5 Å². The van der Waals surface area contributed by atoms with Crippen molar-refractivity contribution in [1.29, 1.82) is 0 Å². The summed E-state index contributed by atoms with van der Waals surface area (Å²) in [6.07, 6.45) is -0.305. The molecule has 1 aromatic rings. The summed E-state index contributed by atoms with van der Waals surface area (Å²) in [5.41, 5.74) is 0. The molecule has 0 saturated carbocycles. The number of nitrogens with zero attached hydrogens (tertiary/aromatic N) is 1. The third-order valence-electron chi connectivity index (χ3n) is 3.04. The molecule has 1 heterocycles. The van der Waals surface area contributed by atoms with Gasteiger partial charge in [-0.2, -0.15) is 4.31 Å². The molecule has 0 spiro atoms. The Hall–Kier alpha value is -1.05. The van der Waals surface area contributed by atoms with E-state index in [4.69, 9.17) is 4.74 Å². The molecule has 2 unspecified atom stereocenters. The second kappa shape index (κ2) is 5.15. The highest BCUT2D eigenvalue weighted by molar-refractivity contribution is 7.89. The van der Waals surface area contributed by atoms with Crippen molar-refractivity contribution in [3.63, 3.8) is 0 Å². The molecule has 0 N–H and O–H groups in total. The van der Waals surface area contributed by atoms with Gasteiger partial charge in [0, 0.05) is 12.6 Å². The van der Waals surface area contributed by atoms with Crippen molar-refractivity contribution in [1.82, 2.24) is 4.31 Å². The van der Waals surface area contributed by atoms with E-state index < -0.39 is 32.6 Å². The minimum atomic E-state index is -4.20. The molecule has 1 aliphatic heterocycles. The van der Waals surface area contributed by atoms with Gasteiger partial charge in [-0.15, -0.1) is 0 Å². The SMILES string of the molecule is CC1CN(S(=O)(=O)c2c(F)cccc2F)C(C)CO1. The molecule has 0 aromatic heterocycles. The summed E-state index contributed by atoms with van der Waals surface area (Å²) in [5, 5.41) is 0. The highest BCUT2D eigenvalue weighted by Gasteiger charge is 2.37. The molecule has 0 bridgehead atoms. The molecule has 1 aromatic carbocycles. The zero-order valence-corrected chi connectivity index (χ0v) is 11.5. The summed E-state index contributed by atoms with van der Waals surface area (Å²) in [7, 11) is -4.20. The maximum atomic E-state index is 13.6. The largest absolute Gasteiger partial charge is 0.375 e. The van der Waals surface area contributed by atoms with Gasteiger partial charge >= 0.3 is 0 Å². The average Bonchev–Trinajstić information content (AvgIpc) is 2.31. The number of sulfonamides is 1. The Morgan fingerprint density at radius 3 is 2.42 bits per heavy atom. The quantitative estimate of drug-likeness (QED) is 0.834. The van der Waals surface area contributed by atoms with Gasteiger partial charge in [-0.3, -0.25) is 0 Å². The first-order chi connectivity index (χ1) is 8.84. The fraction of sp³-hybridized carbons (Fsp3) is 0.500. The lowest BCUT2D eigenvalue weighted by atomic mass is 10.2. The van der Waals surface area contributed by atoms with Crippen LogP contribution in [0.5, 0.6) is 0 Å². The molecule has 1 saturated heterocycles. The summed E-state index contributed by atoms with van der Waals surface area (Å²) < 4.78 is 58.5. The van der Waals surface area contributed by atoms with Crippen LogP contribution < -0.4 is 0 Å². The molecule has 7 heteroatoms. The minimum absolute atomic E-state index is 0.0806. The maximum Gasteiger partial charge on any atom is 0.249 e. The van der Waals surface area contributed by atoms with Crippen LogP contribution in [-0.2, 0) is 14.8 Å². The van der Waals surface area contributed by atoms with E-state index in [2.05, 4.69) is 0 Å². The molecule has 0 aliphatic carbocycles. The molecule has 1 fully saturated rings. The summed E-state index contributed by atoms with van der Waals surface area (Å²) in [4.78, 5) is -0.893. The van der Waals surface area contributed by atoms with Crippen LogP contribution in [0.2, 0.25) is 0 Å². The van der Waals surface area contributed by atoms with Crippen LogP contribution in [-0.4, -0.2) is 38.0 Å². The fourth-order valence-corrected chi connectivity index (χ4v) is 3.86. The van der Waals surface area contributed by atoms with Gasteiger partial charge in [0.25, 0.3) is 0 Å². The Morgan fingerprint density at radius 2 is 1.84 bits per heavy atom. The van der Waals surface area contributed by atoms with E-state index in [0.29, 0.717) is 0 Å². The van der Waals surface area contributed by atoms with Crippen LogP contribution in [0.25, 0.3) is 0 Å². The Morgan fingerprint density at radius 1 is 1.26 bits per heavy atom. The molecule has 2 atom stereocenters. The van der Waals surface area contributed by atoms with Crippen molar-refractivity contribution in [2.24, 2.45) is 0 Å². The van der Waals surface area contributed by atoms with E-state index >= 15 is 0 Å². The molecule has 0 amide bonds. The monoisotopic (exact) mass is 291 g/mol. The van der Waals surface area contributed by atoms with Crippen LogP contribution in [0.15, 0.2) is 23.1 Å². The van der Waals surface area contributed by atoms with Gasteiger partial charge in [-0.05, 0) is 26.0 Å². The summed E-state index contributed by atoms with van der Waals surface area (Å²) in [6.45, 7) is 3.64. The smallest absolute Gasteiger partial charge is 0.249 e. The van der Waals surface area contributed by atoms with Gasteiger partial charge in [0.05, 0.1) is 12.7 Å². The van der Waals surface area contributed by atoms with Gasteiger partial charge in [0.2, 0.25) is 10.0 Å². The second-order valence-electron chi connectivity index (χ2n) is 4.62. The zero-order valence-electron chi connectivity index (χ0n) is 10.6. The lowest BCUT2D eigenvalue weighted by molar-refractivity contribution is -0.0172. The summed E-state index contributed by atoms with van der Waals surface area (Å²) >= 11 is 0. The molecule has 1 aliphatic rings. The van der Waals surface area contributed by atoms with Gasteiger partial charge in [-0.1, -0.05) is 6.07 Å².